The molecule has 0 aliphatic rings. The van der Waals surface area contributed by atoms with Crippen LogP contribution in [0.3, 0.4) is 0 Å². The molecule has 0 aliphatic heterocycles. The van der Waals surface area contributed by atoms with Gasteiger partial charge in [-0.3, -0.25) is 0 Å². The molecule has 0 atom stereocenters. The minimum Gasteiger partial charge on any atom is -0.497 e. The van der Waals surface area contributed by atoms with Gasteiger partial charge in [0.2, 0.25) is 5.88 Å². The number of anilines is 1. The smallest absolute Gasteiger partial charge is 0.224 e. The summed E-state index contributed by atoms with van der Waals surface area (Å²) < 4.78 is 10.7. The van der Waals surface area contributed by atoms with Gasteiger partial charge in [0.05, 0.1) is 18.7 Å². The number of methoxy groups -OCH3 is 1. The Morgan fingerprint density at radius 2 is 1.89 bits per heavy atom. The van der Waals surface area contributed by atoms with Crippen molar-refractivity contribution in [3.8, 4) is 23.4 Å². The van der Waals surface area contributed by atoms with Crippen LogP contribution in [-0.4, -0.2) is 17.1 Å². The Hall–Kier alpha value is -2.81. The van der Waals surface area contributed by atoms with Gasteiger partial charge < -0.3 is 15.2 Å². The highest BCUT2D eigenvalue weighted by Crippen LogP contribution is 2.26. The predicted octanol–water partition coefficient (Wildman–Crippen LogP) is 2.04. The van der Waals surface area contributed by atoms with E-state index in [1.54, 1.807) is 25.1 Å². The van der Waals surface area contributed by atoms with Gasteiger partial charge in [0.1, 0.15) is 23.1 Å². The molecular weight excluding hydrogens is 244 g/mol. The topological polar surface area (TPSA) is 94.0 Å². The average Bonchev–Trinajstić information content (AvgIpc) is 2.37. The lowest BCUT2D eigenvalue weighted by Gasteiger charge is -2.08. The molecule has 0 radical (unpaired) electrons. The first-order valence-corrected chi connectivity index (χ1v) is 5.49. The fourth-order valence-corrected chi connectivity index (χ4v) is 1.55. The van der Waals surface area contributed by atoms with E-state index in [0.717, 1.165) is 0 Å². The summed E-state index contributed by atoms with van der Waals surface area (Å²) in [6.45, 7) is 1.72. The molecule has 0 saturated heterocycles. The van der Waals surface area contributed by atoms with E-state index in [9.17, 15) is 0 Å². The zero-order chi connectivity index (χ0) is 13.8. The van der Waals surface area contributed by atoms with Crippen LogP contribution in [0.1, 0.15) is 11.4 Å². The molecule has 0 bridgehead atoms. The Balaban J connectivity index is 2.35. The van der Waals surface area contributed by atoms with E-state index < -0.39 is 0 Å². The summed E-state index contributed by atoms with van der Waals surface area (Å²) in [5.41, 5.74) is 6.06. The van der Waals surface area contributed by atoms with Crippen molar-refractivity contribution < 1.29 is 9.47 Å². The minimum absolute atomic E-state index is 0.321. The van der Waals surface area contributed by atoms with Crippen LogP contribution in [-0.2, 0) is 0 Å². The zero-order valence-corrected chi connectivity index (χ0v) is 10.5. The van der Waals surface area contributed by atoms with E-state index in [1.165, 1.54) is 13.2 Å². The number of rotatable bonds is 3. The predicted molar refractivity (Wildman–Crippen MR) is 69.0 cm³/mol. The fourth-order valence-electron chi connectivity index (χ4n) is 1.55. The number of hydrogen-bond acceptors (Lipinski definition) is 6. The second-order valence-electron chi connectivity index (χ2n) is 3.79. The van der Waals surface area contributed by atoms with Gasteiger partial charge in [0.15, 0.2) is 0 Å². The largest absolute Gasteiger partial charge is 0.497 e. The van der Waals surface area contributed by atoms with Crippen molar-refractivity contribution in [1.29, 1.82) is 5.26 Å². The maximum atomic E-state index is 8.93. The van der Waals surface area contributed by atoms with Crippen LogP contribution < -0.4 is 15.2 Å². The number of hydrogen-bond donors (Lipinski definition) is 1. The lowest BCUT2D eigenvalue weighted by Crippen LogP contribution is -1.98. The lowest BCUT2D eigenvalue weighted by atomic mass is 10.2. The molecular formula is C13H12N4O2. The van der Waals surface area contributed by atoms with Crippen LogP contribution in [0.25, 0.3) is 0 Å². The van der Waals surface area contributed by atoms with Crippen LogP contribution in [0, 0.1) is 18.3 Å². The summed E-state index contributed by atoms with van der Waals surface area (Å²) in [6, 6.07) is 8.42. The molecule has 1 aromatic heterocycles. The second kappa shape index (κ2) is 5.23. The van der Waals surface area contributed by atoms with Crippen LogP contribution in [0.15, 0.2) is 24.3 Å². The van der Waals surface area contributed by atoms with Crippen molar-refractivity contribution in [2.75, 3.05) is 12.8 Å². The van der Waals surface area contributed by atoms with E-state index in [-0.39, 0.29) is 0 Å². The molecule has 6 nitrogen and oxygen atoms in total. The van der Waals surface area contributed by atoms with Crippen molar-refractivity contribution in [3.05, 3.63) is 35.7 Å². The van der Waals surface area contributed by atoms with Crippen molar-refractivity contribution >= 4 is 5.82 Å². The number of ether oxygens (including phenoxy) is 2. The average molecular weight is 256 g/mol. The minimum atomic E-state index is 0.321. The van der Waals surface area contributed by atoms with Gasteiger partial charge in [0.25, 0.3) is 0 Å². The Kier molecular flexibility index (Phi) is 3.48. The summed E-state index contributed by atoms with van der Waals surface area (Å²) in [4.78, 5) is 8.06. The first kappa shape index (κ1) is 12.6. The van der Waals surface area contributed by atoms with Gasteiger partial charge in [-0.15, -0.1) is 0 Å². The Bertz CT molecular complexity index is 629. The van der Waals surface area contributed by atoms with E-state index >= 15 is 0 Å². The van der Waals surface area contributed by atoms with Crippen LogP contribution >= 0.6 is 0 Å². The molecule has 2 N–H and O–H groups in total. The highest BCUT2D eigenvalue weighted by atomic mass is 16.5. The molecule has 2 rings (SSSR count). The third-order valence-corrected chi connectivity index (χ3v) is 2.30. The third-order valence-electron chi connectivity index (χ3n) is 2.30. The maximum absolute atomic E-state index is 8.93. The standard InChI is InChI=1S/C13H12N4O2/c1-8-16-12(15)6-13(17-8)19-11-4-9(7-14)3-10(5-11)18-2/h3-6H,1-2H3,(H2,15,16,17). The summed E-state index contributed by atoms with van der Waals surface area (Å²) in [7, 11) is 1.52. The normalized spacial score (nSPS) is 9.74. The number of aryl methyl sites for hydroxylation is 1. The van der Waals surface area contributed by atoms with Gasteiger partial charge in [-0.2, -0.15) is 10.2 Å². The Morgan fingerprint density at radius 1 is 1.16 bits per heavy atom. The lowest BCUT2D eigenvalue weighted by molar-refractivity contribution is 0.407. The van der Waals surface area contributed by atoms with Crippen molar-refractivity contribution in [2.45, 2.75) is 6.92 Å². The van der Waals surface area contributed by atoms with Crippen molar-refractivity contribution in [2.24, 2.45) is 0 Å². The molecule has 6 heteroatoms. The Labute approximate surface area is 110 Å². The molecule has 0 aliphatic carbocycles. The van der Waals surface area contributed by atoms with Gasteiger partial charge in [0, 0.05) is 12.1 Å². The molecule has 0 unspecified atom stereocenters. The maximum Gasteiger partial charge on any atom is 0.224 e. The molecule has 0 spiro atoms. The van der Waals surface area contributed by atoms with Crippen LogP contribution in [0.5, 0.6) is 17.4 Å². The van der Waals surface area contributed by atoms with E-state index in [1.807, 2.05) is 6.07 Å². The first-order valence-electron chi connectivity index (χ1n) is 5.49. The summed E-state index contributed by atoms with van der Waals surface area (Å²) in [6.07, 6.45) is 0. The molecule has 96 valence electrons. The summed E-state index contributed by atoms with van der Waals surface area (Å²) >= 11 is 0. The third kappa shape index (κ3) is 3.10. The van der Waals surface area contributed by atoms with Gasteiger partial charge >= 0.3 is 0 Å². The van der Waals surface area contributed by atoms with E-state index in [0.29, 0.717) is 34.6 Å². The van der Waals surface area contributed by atoms with Crippen LogP contribution in [0.2, 0.25) is 0 Å². The van der Waals surface area contributed by atoms with Gasteiger partial charge in [-0.05, 0) is 19.1 Å². The summed E-state index contributed by atoms with van der Waals surface area (Å²) in [5, 5.41) is 8.93. The molecule has 0 amide bonds. The number of nitrogen functional groups attached to an aromatic ring is 1. The quantitative estimate of drug-likeness (QED) is 0.903. The SMILES string of the molecule is COc1cc(C#N)cc(Oc2cc(N)nc(C)n2)c1. The van der Waals surface area contributed by atoms with Crippen LogP contribution in [0.4, 0.5) is 5.82 Å². The highest BCUT2D eigenvalue weighted by Gasteiger charge is 2.06. The van der Waals surface area contributed by atoms with Crippen molar-refractivity contribution in [1.82, 2.24) is 9.97 Å². The molecule has 0 fully saturated rings. The van der Waals surface area contributed by atoms with Gasteiger partial charge in [-0.25, -0.2) is 4.98 Å². The molecule has 1 heterocycles. The molecule has 1 aromatic carbocycles. The highest BCUT2D eigenvalue weighted by molar-refractivity contribution is 5.45. The fraction of sp³-hybridized carbons (Fsp3) is 0.154. The van der Waals surface area contributed by atoms with E-state index in [2.05, 4.69) is 9.97 Å². The monoisotopic (exact) mass is 256 g/mol. The number of nitrogens with two attached hydrogens (primary N) is 1. The van der Waals surface area contributed by atoms with Gasteiger partial charge in [-0.1, -0.05) is 0 Å². The number of aromatic nitrogens is 2. The molecule has 0 saturated carbocycles. The van der Waals surface area contributed by atoms with Crippen molar-refractivity contribution in [3.63, 3.8) is 0 Å². The first-order chi connectivity index (χ1) is 9.10. The zero-order valence-electron chi connectivity index (χ0n) is 10.5. The number of nitriles is 1. The molecule has 19 heavy (non-hydrogen) atoms. The Morgan fingerprint density at radius 3 is 2.53 bits per heavy atom. The second-order valence-corrected chi connectivity index (χ2v) is 3.79. The van der Waals surface area contributed by atoms with E-state index in [4.69, 9.17) is 20.5 Å². The number of nitrogens with zero attached hydrogens (tertiary/aromatic N) is 3. The number of benzene rings is 1. The summed E-state index contributed by atoms with van der Waals surface area (Å²) in [5.74, 6) is 2.15. The molecule has 2 aromatic rings.